The highest BCUT2D eigenvalue weighted by molar-refractivity contribution is 7.89. The summed E-state index contributed by atoms with van der Waals surface area (Å²) in [5.41, 5.74) is 0.414. The summed E-state index contributed by atoms with van der Waals surface area (Å²) in [6.07, 6.45) is -0.239. The van der Waals surface area contributed by atoms with Crippen LogP contribution in [0.5, 0.6) is 0 Å². The summed E-state index contributed by atoms with van der Waals surface area (Å²) in [6.45, 7) is 7.14. The number of nitriles is 1. The maximum Gasteiger partial charge on any atom is 0.291 e. The van der Waals surface area contributed by atoms with Crippen LogP contribution in [0, 0.1) is 17.2 Å². The number of hydrogen-bond acceptors (Lipinski definition) is 9. The second-order valence-corrected chi connectivity index (χ2v) is 13.9. The summed E-state index contributed by atoms with van der Waals surface area (Å²) in [5, 5.41) is 21.9. The number of fused-ring (bicyclic) bond motifs is 3. The van der Waals surface area contributed by atoms with E-state index in [4.69, 9.17) is 0 Å². The molecule has 41 heavy (non-hydrogen) atoms. The van der Waals surface area contributed by atoms with Crippen molar-refractivity contribution in [3.8, 4) is 16.8 Å². The third kappa shape index (κ3) is 4.75. The molecule has 6 rings (SSSR count). The number of nitrogens with one attached hydrogen (secondary N) is 1. The zero-order valence-electron chi connectivity index (χ0n) is 22.8. The smallest absolute Gasteiger partial charge is 0.291 e. The molecule has 3 aliphatic rings. The van der Waals surface area contributed by atoms with Crippen LogP contribution in [0.3, 0.4) is 0 Å². The molecule has 2 bridgehead atoms. The van der Waals surface area contributed by atoms with Gasteiger partial charge in [-0.15, -0.1) is 10.2 Å². The normalized spacial score (nSPS) is 21.7. The Morgan fingerprint density at radius 3 is 2.44 bits per heavy atom. The Morgan fingerprint density at radius 1 is 1.22 bits per heavy atom. The average Bonchev–Trinajstić information content (AvgIpc) is 3.24. The number of aromatic nitrogens is 4. The standard InChI is InChI=1S/C26H30F2N8O3S2/c1-4-35-21-18(20(32-35)23-30-31-24(40-23)22(27)28)9-17(41(38,39)33-26(13-29)7-8-26)10-19(21)34-11-15-5-6-16(12-34)36(15)25(37)14(2)3/h9-10,14-16,22,33H,4-8,11-12H2,1-3H3. The van der Waals surface area contributed by atoms with Gasteiger partial charge in [0, 0.05) is 43.0 Å². The summed E-state index contributed by atoms with van der Waals surface area (Å²) >= 11 is 0.714. The number of nitrogens with zero attached hydrogens (tertiary/aromatic N) is 7. The lowest BCUT2D eigenvalue weighted by Gasteiger charge is -2.43. The fourth-order valence-electron chi connectivity index (χ4n) is 5.91. The monoisotopic (exact) mass is 604 g/mol. The quantitative estimate of drug-likeness (QED) is 0.411. The Kier molecular flexibility index (Phi) is 6.78. The predicted molar refractivity (Wildman–Crippen MR) is 148 cm³/mol. The number of hydrogen-bond donors (Lipinski definition) is 1. The number of piperazine rings is 1. The highest BCUT2D eigenvalue weighted by Crippen LogP contribution is 2.42. The van der Waals surface area contributed by atoms with E-state index in [1.54, 1.807) is 10.7 Å². The van der Waals surface area contributed by atoms with Gasteiger partial charge in [0.25, 0.3) is 6.43 Å². The van der Waals surface area contributed by atoms with E-state index in [1.165, 1.54) is 6.07 Å². The Morgan fingerprint density at radius 2 is 1.90 bits per heavy atom. The van der Waals surface area contributed by atoms with Crippen LogP contribution in [-0.4, -0.2) is 69.9 Å². The third-order valence-corrected chi connectivity index (χ3v) is 10.6. The van der Waals surface area contributed by atoms with Crippen LogP contribution in [0.25, 0.3) is 21.6 Å². The van der Waals surface area contributed by atoms with Gasteiger partial charge in [0.15, 0.2) is 10.0 Å². The molecule has 218 valence electrons. The summed E-state index contributed by atoms with van der Waals surface area (Å²) in [4.78, 5) is 17.0. The van der Waals surface area contributed by atoms with E-state index in [0.29, 0.717) is 60.4 Å². The molecule has 0 spiro atoms. The van der Waals surface area contributed by atoms with Crippen molar-refractivity contribution < 1.29 is 22.0 Å². The number of benzene rings is 1. The van der Waals surface area contributed by atoms with Crippen LogP contribution >= 0.6 is 11.3 Å². The van der Waals surface area contributed by atoms with Crippen molar-refractivity contribution in [2.75, 3.05) is 18.0 Å². The summed E-state index contributed by atoms with van der Waals surface area (Å²) < 4.78 is 58.2. The fraction of sp³-hybridized carbons (Fsp3) is 0.577. The Hall–Kier alpha value is -3.22. The molecule has 0 radical (unpaired) electrons. The molecule has 3 aromatic rings. The number of carbonyl (C=O) groups excluding carboxylic acids is 1. The SMILES string of the molecule is CCn1nc(-c2nnc(C(F)F)s2)c2cc(S(=O)(=O)NC3(C#N)CC3)cc(N3CC4CCC(C3)N4C(=O)C(C)C)c21. The average molecular weight is 605 g/mol. The highest BCUT2D eigenvalue weighted by atomic mass is 32.2. The lowest BCUT2D eigenvalue weighted by Crippen LogP contribution is -2.57. The number of halogens is 2. The van der Waals surface area contributed by atoms with Gasteiger partial charge in [0.2, 0.25) is 15.9 Å². The third-order valence-electron chi connectivity index (χ3n) is 8.10. The number of sulfonamides is 1. The first kappa shape index (κ1) is 27.9. The van der Waals surface area contributed by atoms with Crippen LogP contribution in [0.1, 0.15) is 57.9 Å². The van der Waals surface area contributed by atoms with Crippen LogP contribution in [-0.2, 0) is 21.4 Å². The summed E-state index contributed by atoms with van der Waals surface area (Å²) in [7, 11) is -4.13. The minimum Gasteiger partial charge on any atom is -0.366 e. The molecule has 1 amide bonds. The lowest BCUT2D eigenvalue weighted by molar-refractivity contribution is -0.137. The number of carbonyl (C=O) groups is 1. The molecule has 1 aliphatic carbocycles. The van der Waals surface area contributed by atoms with Gasteiger partial charge >= 0.3 is 0 Å². The maximum absolute atomic E-state index is 13.6. The minimum absolute atomic E-state index is 0.0142. The number of rotatable bonds is 8. The topological polar surface area (TPSA) is 137 Å². The van der Waals surface area contributed by atoms with Gasteiger partial charge in [0.1, 0.15) is 11.2 Å². The molecule has 2 unspecified atom stereocenters. The number of amides is 1. The molecule has 1 aromatic carbocycles. The van der Waals surface area contributed by atoms with Crippen molar-refractivity contribution in [3.05, 3.63) is 17.1 Å². The largest absolute Gasteiger partial charge is 0.366 e. The molecule has 11 nitrogen and oxygen atoms in total. The van der Waals surface area contributed by atoms with Gasteiger partial charge in [-0.05, 0) is 44.7 Å². The molecular weight excluding hydrogens is 574 g/mol. The Balaban J connectivity index is 1.51. The first-order valence-corrected chi connectivity index (χ1v) is 16.0. The zero-order chi connectivity index (χ0) is 29.3. The van der Waals surface area contributed by atoms with Gasteiger partial charge < -0.3 is 9.80 Å². The minimum atomic E-state index is -4.13. The van der Waals surface area contributed by atoms with Gasteiger partial charge in [-0.25, -0.2) is 17.2 Å². The first-order chi connectivity index (χ1) is 19.5. The van der Waals surface area contributed by atoms with E-state index in [-0.39, 0.29) is 39.5 Å². The van der Waals surface area contributed by atoms with Crippen LogP contribution in [0.15, 0.2) is 17.0 Å². The van der Waals surface area contributed by atoms with Crippen molar-refractivity contribution >= 4 is 43.9 Å². The van der Waals surface area contributed by atoms with E-state index >= 15 is 0 Å². The molecule has 2 aromatic heterocycles. The predicted octanol–water partition coefficient (Wildman–Crippen LogP) is 3.68. The van der Waals surface area contributed by atoms with Crippen molar-refractivity contribution in [1.29, 1.82) is 5.26 Å². The highest BCUT2D eigenvalue weighted by Gasteiger charge is 2.47. The molecule has 15 heteroatoms. The van der Waals surface area contributed by atoms with Crippen LogP contribution < -0.4 is 9.62 Å². The van der Waals surface area contributed by atoms with Crippen molar-refractivity contribution in [2.45, 2.75) is 81.9 Å². The van der Waals surface area contributed by atoms with E-state index in [2.05, 4.69) is 31.0 Å². The summed E-state index contributed by atoms with van der Waals surface area (Å²) in [5.74, 6) is -0.0130. The molecular formula is C26H30F2N8O3S2. The van der Waals surface area contributed by atoms with E-state index in [1.807, 2.05) is 25.7 Å². The van der Waals surface area contributed by atoms with E-state index < -0.39 is 27.0 Å². The number of aryl methyl sites for hydroxylation is 1. The Bertz CT molecular complexity index is 1660. The van der Waals surface area contributed by atoms with Crippen molar-refractivity contribution in [1.82, 2.24) is 29.6 Å². The number of alkyl halides is 2. The molecule has 4 heterocycles. The molecule has 1 N–H and O–H groups in total. The van der Waals surface area contributed by atoms with Crippen molar-refractivity contribution in [3.63, 3.8) is 0 Å². The van der Waals surface area contributed by atoms with Crippen LogP contribution in [0.2, 0.25) is 0 Å². The van der Waals surface area contributed by atoms with Gasteiger partial charge in [-0.3, -0.25) is 9.48 Å². The lowest BCUT2D eigenvalue weighted by atomic mass is 10.1. The van der Waals surface area contributed by atoms with Gasteiger partial charge in [-0.1, -0.05) is 25.2 Å². The van der Waals surface area contributed by atoms with Gasteiger partial charge in [0.05, 0.1) is 22.2 Å². The van der Waals surface area contributed by atoms with Crippen molar-refractivity contribution in [2.24, 2.45) is 5.92 Å². The number of anilines is 1. The fourth-order valence-corrected chi connectivity index (χ4v) is 8.03. The van der Waals surface area contributed by atoms with Gasteiger partial charge in [-0.2, -0.15) is 15.1 Å². The molecule has 2 saturated heterocycles. The zero-order valence-corrected chi connectivity index (χ0v) is 24.5. The second-order valence-electron chi connectivity index (χ2n) is 11.2. The molecule has 1 saturated carbocycles. The molecule has 2 aliphatic heterocycles. The molecule has 3 fully saturated rings. The first-order valence-electron chi connectivity index (χ1n) is 13.7. The van der Waals surface area contributed by atoms with E-state index in [0.717, 1.165) is 12.8 Å². The Labute approximate surface area is 240 Å². The second kappa shape index (κ2) is 9.95. The maximum atomic E-state index is 13.6. The van der Waals surface area contributed by atoms with E-state index in [9.17, 15) is 27.3 Å². The van der Waals surface area contributed by atoms with Crippen LogP contribution in [0.4, 0.5) is 14.5 Å². The summed E-state index contributed by atoms with van der Waals surface area (Å²) in [6, 6.07) is 5.10. The molecule has 2 atom stereocenters.